The van der Waals surface area contributed by atoms with Crippen molar-refractivity contribution in [1.29, 1.82) is 0 Å². The average molecular weight is 320 g/mol. The molecule has 1 fully saturated rings. The molecule has 0 aromatic rings. The Labute approximate surface area is 130 Å². The smallest absolute Gasteiger partial charge is 0.153 e. The van der Waals surface area contributed by atoms with Gasteiger partial charge in [-0.05, 0) is 52.7 Å². The molecule has 21 heavy (non-hydrogen) atoms. The molecule has 0 aliphatic carbocycles. The normalized spacial score (nSPS) is 20.6. The molecule has 1 heterocycles. The largest absolute Gasteiger partial charge is 0.330 e. The van der Waals surface area contributed by atoms with Crippen molar-refractivity contribution in [3.05, 3.63) is 0 Å². The SMILES string of the molecule is CCC(CCN)N1CCCN(CCS(=O)(=O)C(C)C)CC1. The van der Waals surface area contributed by atoms with Crippen LogP contribution in [0.2, 0.25) is 0 Å². The standard InChI is InChI=1S/C15H33N3O2S/c1-4-15(6-7-16)18-9-5-8-17(10-11-18)12-13-21(19,20)14(2)3/h14-15H,4-13,16H2,1-3H3. The summed E-state index contributed by atoms with van der Waals surface area (Å²) in [5, 5.41) is -0.269. The van der Waals surface area contributed by atoms with Gasteiger partial charge in [-0.25, -0.2) is 8.42 Å². The Morgan fingerprint density at radius 1 is 1.14 bits per heavy atom. The summed E-state index contributed by atoms with van der Waals surface area (Å²) in [4.78, 5) is 4.83. The molecule has 1 saturated heterocycles. The molecule has 0 saturated carbocycles. The van der Waals surface area contributed by atoms with Crippen molar-refractivity contribution in [1.82, 2.24) is 9.80 Å². The van der Waals surface area contributed by atoms with Crippen molar-refractivity contribution in [3.63, 3.8) is 0 Å². The Morgan fingerprint density at radius 3 is 2.43 bits per heavy atom. The number of hydrogen-bond acceptors (Lipinski definition) is 5. The van der Waals surface area contributed by atoms with Gasteiger partial charge in [0.15, 0.2) is 9.84 Å². The third kappa shape index (κ3) is 6.22. The van der Waals surface area contributed by atoms with Gasteiger partial charge in [0.2, 0.25) is 0 Å². The van der Waals surface area contributed by atoms with E-state index in [1.807, 2.05) is 0 Å². The fourth-order valence-corrected chi connectivity index (χ4v) is 3.89. The second-order valence-electron chi connectivity index (χ2n) is 6.29. The molecule has 6 heteroatoms. The Morgan fingerprint density at radius 2 is 1.86 bits per heavy atom. The molecule has 0 bridgehead atoms. The van der Waals surface area contributed by atoms with E-state index in [2.05, 4.69) is 16.7 Å². The molecule has 2 N–H and O–H groups in total. The fraction of sp³-hybridized carbons (Fsp3) is 1.00. The minimum Gasteiger partial charge on any atom is -0.330 e. The first-order valence-electron chi connectivity index (χ1n) is 8.28. The average Bonchev–Trinajstić information content (AvgIpc) is 2.68. The molecule has 1 rings (SSSR count). The van der Waals surface area contributed by atoms with Crippen molar-refractivity contribution < 1.29 is 8.42 Å². The maximum atomic E-state index is 11.9. The molecule has 1 unspecified atom stereocenters. The van der Waals surface area contributed by atoms with Crippen molar-refractivity contribution in [3.8, 4) is 0 Å². The van der Waals surface area contributed by atoms with Crippen LogP contribution < -0.4 is 5.73 Å². The maximum Gasteiger partial charge on any atom is 0.153 e. The van der Waals surface area contributed by atoms with E-state index in [9.17, 15) is 8.42 Å². The van der Waals surface area contributed by atoms with Gasteiger partial charge in [0.25, 0.3) is 0 Å². The Hall–Kier alpha value is -0.170. The van der Waals surface area contributed by atoms with E-state index >= 15 is 0 Å². The van der Waals surface area contributed by atoms with Gasteiger partial charge < -0.3 is 10.6 Å². The third-order valence-electron chi connectivity index (χ3n) is 4.52. The van der Waals surface area contributed by atoms with Crippen LogP contribution in [0.5, 0.6) is 0 Å². The molecule has 1 atom stereocenters. The lowest BCUT2D eigenvalue weighted by Gasteiger charge is -2.29. The van der Waals surface area contributed by atoms with Gasteiger partial charge in [0.05, 0.1) is 11.0 Å². The van der Waals surface area contributed by atoms with Crippen LogP contribution in [-0.2, 0) is 9.84 Å². The lowest BCUT2D eigenvalue weighted by Crippen LogP contribution is -2.40. The first-order valence-corrected chi connectivity index (χ1v) is 10.00. The molecule has 126 valence electrons. The number of hydrogen-bond donors (Lipinski definition) is 1. The zero-order valence-electron chi connectivity index (χ0n) is 13.9. The molecule has 0 aromatic carbocycles. The first-order chi connectivity index (χ1) is 9.90. The molecule has 0 radical (unpaired) electrons. The Balaban J connectivity index is 2.45. The third-order valence-corrected chi connectivity index (χ3v) is 6.71. The highest BCUT2D eigenvalue weighted by atomic mass is 32.2. The van der Waals surface area contributed by atoms with Crippen LogP contribution in [0, 0.1) is 0 Å². The molecule has 1 aliphatic heterocycles. The van der Waals surface area contributed by atoms with Crippen LogP contribution in [0.15, 0.2) is 0 Å². The van der Waals surface area contributed by atoms with Gasteiger partial charge in [-0.15, -0.1) is 0 Å². The number of nitrogens with two attached hydrogens (primary N) is 1. The second kappa shape index (κ2) is 9.08. The van der Waals surface area contributed by atoms with Crippen LogP contribution in [-0.4, -0.2) is 74.5 Å². The van der Waals surface area contributed by atoms with Crippen LogP contribution >= 0.6 is 0 Å². The van der Waals surface area contributed by atoms with Gasteiger partial charge in [-0.1, -0.05) is 6.92 Å². The lowest BCUT2D eigenvalue weighted by atomic mass is 10.1. The number of sulfone groups is 1. The monoisotopic (exact) mass is 319 g/mol. The fourth-order valence-electron chi connectivity index (χ4n) is 2.91. The van der Waals surface area contributed by atoms with Gasteiger partial charge in [0, 0.05) is 25.7 Å². The molecule has 5 nitrogen and oxygen atoms in total. The summed E-state index contributed by atoms with van der Waals surface area (Å²) in [6.45, 7) is 11.3. The zero-order valence-corrected chi connectivity index (χ0v) is 14.7. The minimum atomic E-state index is -2.92. The van der Waals surface area contributed by atoms with Gasteiger partial charge in [-0.2, -0.15) is 0 Å². The maximum absolute atomic E-state index is 11.9. The zero-order chi connectivity index (χ0) is 15.9. The minimum absolute atomic E-state index is 0.269. The summed E-state index contributed by atoms with van der Waals surface area (Å²) in [7, 11) is -2.92. The summed E-state index contributed by atoms with van der Waals surface area (Å²) in [6.07, 6.45) is 3.31. The van der Waals surface area contributed by atoms with E-state index in [4.69, 9.17) is 5.73 Å². The van der Waals surface area contributed by atoms with E-state index in [-0.39, 0.29) is 11.0 Å². The molecular weight excluding hydrogens is 286 g/mol. The van der Waals surface area contributed by atoms with Crippen molar-refractivity contribution in [2.75, 3.05) is 45.0 Å². The highest BCUT2D eigenvalue weighted by Gasteiger charge is 2.22. The van der Waals surface area contributed by atoms with Gasteiger partial charge in [0.1, 0.15) is 0 Å². The highest BCUT2D eigenvalue weighted by Crippen LogP contribution is 2.12. The second-order valence-corrected chi connectivity index (χ2v) is 8.96. The van der Waals surface area contributed by atoms with Crippen LogP contribution in [0.4, 0.5) is 0 Å². The number of nitrogens with zero attached hydrogens (tertiary/aromatic N) is 2. The number of rotatable bonds is 8. The predicted molar refractivity (Wildman–Crippen MR) is 89.3 cm³/mol. The van der Waals surface area contributed by atoms with E-state index in [0.29, 0.717) is 12.6 Å². The summed E-state index contributed by atoms with van der Waals surface area (Å²) in [6, 6.07) is 0.578. The Kier molecular flexibility index (Phi) is 8.16. The van der Waals surface area contributed by atoms with Crippen molar-refractivity contribution in [2.45, 2.75) is 51.3 Å². The van der Waals surface area contributed by atoms with Crippen LogP contribution in [0.25, 0.3) is 0 Å². The van der Waals surface area contributed by atoms with E-state index < -0.39 is 9.84 Å². The first kappa shape index (κ1) is 18.9. The highest BCUT2D eigenvalue weighted by molar-refractivity contribution is 7.92. The van der Waals surface area contributed by atoms with Crippen LogP contribution in [0.3, 0.4) is 0 Å². The van der Waals surface area contributed by atoms with E-state index in [1.54, 1.807) is 13.8 Å². The lowest BCUT2D eigenvalue weighted by molar-refractivity contribution is 0.187. The predicted octanol–water partition coefficient (Wildman–Crippen LogP) is 0.945. The summed E-state index contributed by atoms with van der Waals surface area (Å²) < 4.78 is 23.8. The van der Waals surface area contributed by atoms with E-state index in [0.717, 1.165) is 52.0 Å². The van der Waals surface area contributed by atoms with E-state index in [1.165, 1.54) is 0 Å². The summed E-state index contributed by atoms with van der Waals surface area (Å²) in [5.74, 6) is 0.282. The Bertz CT molecular complexity index is 384. The summed E-state index contributed by atoms with van der Waals surface area (Å²) in [5.41, 5.74) is 5.70. The van der Waals surface area contributed by atoms with Crippen molar-refractivity contribution >= 4 is 9.84 Å². The molecule has 0 spiro atoms. The van der Waals surface area contributed by atoms with Gasteiger partial charge in [-0.3, -0.25) is 4.90 Å². The molecular formula is C15H33N3O2S. The molecule has 0 amide bonds. The quantitative estimate of drug-likeness (QED) is 0.721. The van der Waals surface area contributed by atoms with Gasteiger partial charge >= 0.3 is 0 Å². The molecule has 0 aromatic heterocycles. The molecule has 1 aliphatic rings. The van der Waals surface area contributed by atoms with Crippen LogP contribution in [0.1, 0.15) is 40.0 Å². The topological polar surface area (TPSA) is 66.6 Å². The van der Waals surface area contributed by atoms with Crippen molar-refractivity contribution in [2.24, 2.45) is 5.73 Å². The summed E-state index contributed by atoms with van der Waals surface area (Å²) >= 11 is 0.